The average Bonchev–Trinajstić information content (AvgIpc) is 3.40. The Morgan fingerprint density at radius 2 is 2.04 bits per heavy atom. The number of furan rings is 1. The normalized spacial score (nSPS) is 10.9. The van der Waals surface area contributed by atoms with Crippen LogP contribution in [0.25, 0.3) is 17.1 Å². The van der Waals surface area contributed by atoms with Gasteiger partial charge in [0.1, 0.15) is 5.76 Å². The Morgan fingerprint density at radius 1 is 1.21 bits per heavy atom. The van der Waals surface area contributed by atoms with Gasteiger partial charge in [-0.2, -0.15) is 0 Å². The van der Waals surface area contributed by atoms with Gasteiger partial charge in [0.05, 0.1) is 23.3 Å². The molecule has 0 spiro atoms. The van der Waals surface area contributed by atoms with Crippen LogP contribution >= 0.6 is 23.1 Å². The van der Waals surface area contributed by atoms with Gasteiger partial charge in [-0.3, -0.25) is 9.36 Å². The van der Waals surface area contributed by atoms with E-state index in [4.69, 9.17) is 4.42 Å². The molecule has 0 saturated heterocycles. The van der Waals surface area contributed by atoms with Crippen LogP contribution in [0.15, 0.2) is 57.6 Å². The van der Waals surface area contributed by atoms with Gasteiger partial charge in [0.2, 0.25) is 5.91 Å². The number of aromatic nitrogens is 4. The van der Waals surface area contributed by atoms with E-state index in [9.17, 15) is 4.79 Å². The second-order valence-corrected chi connectivity index (χ2v) is 7.80. The van der Waals surface area contributed by atoms with Crippen LogP contribution in [0, 0.1) is 13.8 Å². The number of rotatable bonds is 6. The average molecular weight is 412 g/mol. The summed E-state index contributed by atoms with van der Waals surface area (Å²) >= 11 is 2.73. The fraction of sp³-hybridized carbons (Fsp3) is 0.158. The van der Waals surface area contributed by atoms with Crippen LogP contribution in [-0.2, 0) is 4.79 Å². The molecular weight excluding hydrogens is 394 g/mol. The highest BCUT2D eigenvalue weighted by Gasteiger charge is 2.19. The summed E-state index contributed by atoms with van der Waals surface area (Å²) < 4.78 is 7.36. The smallest absolute Gasteiger partial charge is 0.236 e. The van der Waals surface area contributed by atoms with Crippen molar-refractivity contribution in [2.75, 3.05) is 11.1 Å². The van der Waals surface area contributed by atoms with Crippen molar-refractivity contribution in [1.29, 1.82) is 0 Å². The van der Waals surface area contributed by atoms with Gasteiger partial charge in [-0.15, -0.1) is 21.5 Å². The highest BCUT2D eigenvalue weighted by molar-refractivity contribution is 7.99. The van der Waals surface area contributed by atoms with Crippen molar-refractivity contribution in [3.05, 3.63) is 59.5 Å². The molecule has 3 heterocycles. The number of amides is 1. The van der Waals surface area contributed by atoms with Gasteiger partial charge < -0.3 is 9.73 Å². The van der Waals surface area contributed by atoms with Gasteiger partial charge in [-0.05, 0) is 32.0 Å². The van der Waals surface area contributed by atoms with Crippen LogP contribution in [0.5, 0.6) is 0 Å². The number of nitrogens with zero attached hydrogens (tertiary/aromatic N) is 4. The first-order valence-electron chi connectivity index (χ1n) is 8.52. The number of nitrogens with one attached hydrogen (secondary N) is 1. The third-order valence-corrected chi connectivity index (χ3v) is 5.75. The summed E-state index contributed by atoms with van der Waals surface area (Å²) in [6, 6.07) is 11.7. The lowest BCUT2D eigenvalue weighted by molar-refractivity contribution is -0.113. The monoisotopic (exact) mass is 411 g/mol. The summed E-state index contributed by atoms with van der Waals surface area (Å²) in [6.45, 7) is 3.78. The van der Waals surface area contributed by atoms with Crippen LogP contribution in [0.3, 0.4) is 0 Å². The lowest BCUT2D eigenvalue weighted by Crippen LogP contribution is -2.14. The summed E-state index contributed by atoms with van der Waals surface area (Å²) in [5, 5.41) is 14.6. The minimum atomic E-state index is -0.136. The largest absolute Gasteiger partial charge is 0.469 e. The predicted molar refractivity (Wildman–Crippen MR) is 110 cm³/mol. The highest BCUT2D eigenvalue weighted by atomic mass is 32.2. The van der Waals surface area contributed by atoms with E-state index < -0.39 is 0 Å². The van der Waals surface area contributed by atoms with Crippen molar-refractivity contribution < 1.29 is 9.21 Å². The van der Waals surface area contributed by atoms with Crippen molar-refractivity contribution in [3.63, 3.8) is 0 Å². The summed E-state index contributed by atoms with van der Waals surface area (Å²) in [7, 11) is 0. The van der Waals surface area contributed by atoms with Gasteiger partial charge in [-0.1, -0.05) is 30.0 Å². The summed E-state index contributed by atoms with van der Waals surface area (Å²) in [5.74, 6) is 1.51. The molecule has 0 saturated carbocycles. The van der Waals surface area contributed by atoms with E-state index in [0.717, 1.165) is 22.7 Å². The van der Waals surface area contributed by atoms with E-state index in [2.05, 4.69) is 20.5 Å². The molecule has 142 valence electrons. The summed E-state index contributed by atoms with van der Waals surface area (Å²) in [5.41, 5.74) is 2.67. The second kappa shape index (κ2) is 7.99. The minimum absolute atomic E-state index is 0.136. The molecule has 1 amide bonds. The molecule has 1 aromatic carbocycles. The fourth-order valence-corrected chi connectivity index (χ4v) is 4.12. The molecule has 0 unspecified atom stereocenters. The Kier molecular flexibility index (Phi) is 5.27. The molecule has 9 heteroatoms. The third kappa shape index (κ3) is 3.85. The molecule has 0 radical (unpaired) electrons. The van der Waals surface area contributed by atoms with Gasteiger partial charge in [0, 0.05) is 11.1 Å². The Morgan fingerprint density at radius 3 is 2.71 bits per heavy atom. The number of thioether (sulfide) groups is 1. The summed E-state index contributed by atoms with van der Waals surface area (Å²) in [4.78, 5) is 16.5. The fourth-order valence-electron chi connectivity index (χ4n) is 2.66. The quantitative estimate of drug-likeness (QED) is 0.475. The van der Waals surface area contributed by atoms with E-state index in [1.54, 1.807) is 6.26 Å². The zero-order chi connectivity index (χ0) is 19.5. The molecule has 4 aromatic rings. The van der Waals surface area contributed by atoms with E-state index in [-0.39, 0.29) is 11.7 Å². The van der Waals surface area contributed by atoms with Crippen LogP contribution in [0.4, 0.5) is 5.13 Å². The van der Waals surface area contributed by atoms with Crippen molar-refractivity contribution in [2.24, 2.45) is 0 Å². The molecule has 0 fully saturated rings. The number of carbonyl (C=O) groups excluding carboxylic acids is 1. The van der Waals surface area contributed by atoms with Gasteiger partial charge in [-0.25, -0.2) is 4.98 Å². The van der Waals surface area contributed by atoms with Crippen molar-refractivity contribution >= 4 is 34.1 Å². The number of para-hydroxylation sites is 1. The molecule has 3 aromatic heterocycles. The molecular formula is C19H17N5O2S2. The van der Waals surface area contributed by atoms with Crippen LogP contribution < -0.4 is 5.32 Å². The van der Waals surface area contributed by atoms with Crippen LogP contribution in [0.1, 0.15) is 11.5 Å². The molecule has 0 aliphatic heterocycles. The molecule has 1 N–H and O–H groups in total. The van der Waals surface area contributed by atoms with Gasteiger partial charge in [0.25, 0.3) is 0 Å². The van der Waals surface area contributed by atoms with Gasteiger partial charge >= 0.3 is 0 Å². The minimum Gasteiger partial charge on any atom is -0.469 e. The van der Waals surface area contributed by atoms with Crippen LogP contribution in [-0.4, -0.2) is 31.4 Å². The molecule has 4 rings (SSSR count). The molecule has 28 heavy (non-hydrogen) atoms. The van der Waals surface area contributed by atoms with E-state index in [0.29, 0.717) is 16.1 Å². The van der Waals surface area contributed by atoms with Crippen molar-refractivity contribution in [1.82, 2.24) is 19.7 Å². The van der Waals surface area contributed by atoms with E-state index in [1.165, 1.54) is 23.1 Å². The van der Waals surface area contributed by atoms with Crippen LogP contribution in [0.2, 0.25) is 0 Å². The standard InChI is InChI=1S/C19H17N5O2S2/c1-12-10-27-18(20-12)21-16(25)11-28-19-23-22-17(15-8-9-26-13(15)2)24(19)14-6-4-3-5-7-14/h3-10H,11H2,1-2H3,(H,20,21,25). The lowest BCUT2D eigenvalue weighted by atomic mass is 10.2. The maximum Gasteiger partial charge on any atom is 0.236 e. The van der Waals surface area contributed by atoms with Gasteiger partial charge in [0.15, 0.2) is 16.1 Å². The first kappa shape index (κ1) is 18.5. The first-order valence-corrected chi connectivity index (χ1v) is 10.4. The third-order valence-electron chi connectivity index (χ3n) is 3.95. The zero-order valence-electron chi connectivity index (χ0n) is 15.2. The van der Waals surface area contributed by atoms with E-state index >= 15 is 0 Å². The number of thiazole rings is 1. The molecule has 7 nitrogen and oxygen atoms in total. The Bertz CT molecular complexity index is 1100. The highest BCUT2D eigenvalue weighted by Crippen LogP contribution is 2.30. The Balaban J connectivity index is 1.59. The molecule has 0 bridgehead atoms. The number of hydrogen-bond donors (Lipinski definition) is 1. The Labute approximate surface area is 169 Å². The Hall–Kier alpha value is -2.91. The SMILES string of the molecule is Cc1csc(NC(=O)CSc2nnc(-c3ccoc3C)n2-c2ccccc2)n1. The number of carbonyl (C=O) groups is 1. The molecule has 0 atom stereocenters. The van der Waals surface area contributed by atoms with E-state index in [1.807, 2.05) is 60.2 Å². The predicted octanol–water partition coefficient (Wildman–Crippen LogP) is 4.33. The number of hydrogen-bond acceptors (Lipinski definition) is 7. The maximum atomic E-state index is 12.3. The lowest BCUT2D eigenvalue weighted by Gasteiger charge is -2.09. The second-order valence-electron chi connectivity index (χ2n) is 6.00. The summed E-state index contributed by atoms with van der Waals surface area (Å²) in [6.07, 6.45) is 1.63. The van der Waals surface area contributed by atoms with Crippen molar-refractivity contribution in [3.8, 4) is 17.1 Å². The number of benzene rings is 1. The van der Waals surface area contributed by atoms with Crippen molar-refractivity contribution in [2.45, 2.75) is 19.0 Å². The number of anilines is 1. The number of aryl methyl sites for hydroxylation is 2. The topological polar surface area (TPSA) is 85.8 Å². The molecule has 0 aliphatic rings. The zero-order valence-corrected chi connectivity index (χ0v) is 16.9. The maximum absolute atomic E-state index is 12.3. The molecule has 0 aliphatic carbocycles. The first-order chi connectivity index (χ1) is 13.6.